The highest BCUT2D eigenvalue weighted by Gasteiger charge is 2.77. The van der Waals surface area contributed by atoms with Crippen LogP contribution in [-0.2, 0) is 9.53 Å². The molecule has 0 saturated heterocycles. The Balaban J connectivity index is 1.37. The first kappa shape index (κ1) is 15.4. The van der Waals surface area contributed by atoms with Crippen molar-refractivity contribution in [2.45, 2.75) is 57.1 Å². The van der Waals surface area contributed by atoms with Crippen LogP contribution in [0, 0.1) is 39.9 Å². The van der Waals surface area contributed by atoms with E-state index in [0.717, 1.165) is 25.7 Å². The van der Waals surface area contributed by atoms with Crippen LogP contribution in [0.25, 0.3) is 0 Å². The minimum absolute atomic E-state index is 0.0330. The zero-order chi connectivity index (χ0) is 17.7. The van der Waals surface area contributed by atoms with Crippen molar-refractivity contribution in [3.63, 3.8) is 0 Å². The molecule has 3 saturated carbocycles. The Hall–Kier alpha value is -1.71. The van der Waals surface area contributed by atoms with Gasteiger partial charge in [0.15, 0.2) is 0 Å². The van der Waals surface area contributed by atoms with Crippen LogP contribution in [0.15, 0.2) is 40.6 Å². The van der Waals surface area contributed by atoms with E-state index in [9.17, 15) is 9.70 Å². The van der Waals surface area contributed by atoms with E-state index in [2.05, 4.69) is 30.3 Å². The maximum Gasteiger partial charge on any atom is 0.331 e. The fourth-order valence-electron chi connectivity index (χ4n) is 7.71. The molecule has 1 heterocycles. The first-order chi connectivity index (χ1) is 12.6. The topological polar surface area (TPSA) is 55.7 Å². The van der Waals surface area contributed by atoms with Gasteiger partial charge in [-0.25, -0.2) is 4.79 Å². The maximum atomic E-state index is 11.9. The van der Waals surface area contributed by atoms with Crippen LogP contribution in [-0.4, -0.2) is 17.6 Å². The number of carbonyl (C=O) groups is 1. The Morgan fingerprint density at radius 2 is 2.15 bits per heavy atom. The van der Waals surface area contributed by atoms with Gasteiger partial charge in [0.25, 0.3) is 0 Å². The van der Waals surface area contributed by atoms with Gasteiger partial charge in [0.05, 0.1) is 6.04 Å². The predicted molar refractivity (Wildman–Crippen MR) is 97.0 cm³/mol. The van der Waals surface area contributed by atoms with Crippen molar-refractivity contribution >= 4 is 5.97 Å². The Kier molecular flexibility index (Phi) is 2.81. The number of allylic oxidation sites excluding steroid dienone is 3. The first-order valence-electron chi connectivity index (χ1n) is 10.2. The molecule has 0 aromatic carbocycles. The van der Waals surface area contributed by atoms with Gasteiger partial charge < -0.3 is 4.74 Å². The van der Waals surface area contributed by atoms with E-state index < -0.39 is 0 Å². The number of nitroso groups, excluding NO2 is 1. The minimum atomic E-state index is -0.341. The van der Waals surface area contributed by atoms with Crippen LogP contribution in [0.4, 0.5) is 0 Å². The molecule has 136 valence electrons. The monoisotopic (exact) mass is 351 g/mol. The second-order valence-corrected chi connectivity index (χ2v) is 9.63. The normalized spacial score (nSPS) is 53.0. The van der Waals surface area contributed by atoms with Crippen LogP contribution in [0.5, 0.6) is 0 Å². The van der Waals surface area contributed by atoms with E-state index in [1.807, 2.05) is 0 Å². The molecule has 8 atom stereocenters. The summed E-state index contributed by atoms with van der Waals surface area (Å²) in [5.74, 6) is 2.87. The molecule has 1 aliphatic heterocycles. The number of rotatable bonds is 1. The van der Waals surface area contributed by atoms with Gasteiger partial charge in [0.2, 0.25) is 0 Å². The van der Waals surface area contributed by atoms with Crippen molar-refractivity contribution in [3.8, 4) is 0 Å². The fourth-order valence-corrected chi connectivity index (χ4v) is 7.71. The summed E-state index contributed by atoms with van der Waals surface area (Å²) in [4.78, 5) is 22.9. The average molecular weight is 351 g/mol. The second-order valence-electron chi connectivity index (χ2n) is 9.63. The lowest BCUT2D eigenvalue weighted by molar-refractivity contribution is -0.164. The van der Waals surface area contributed by atoms with E-state index >= 15 is 0 Å². The number of hydrogen-bond donors (Lipinski definition) is 0. The van der Waals surface area contributed by atoms with Gasteiger partial charge >= 0.3 is 5.97 Å². The summed E-state index contributed by atoms with van der Waals surface area (Å²) in [5.41, 5.74) is 2.72. The number of ether oxygens (including phenoxy) is 1. The summed E-state index contributed by atoms with van der Waals surface area (Å²) in [7, 11) is 0. The van der Waals surface area contributed by atoms with Crippen molar-refractivity contribution in [2.75, 3.05) is 0 Å². The Bertz CT molecular complexity index is 810. The van der Waals surface area contributed by atoms with Crippen molar-refractivity contribution < 1.29 is 9.53 Å². The van der Waals surface area contributed by atoms with Crippen LogP contribution in [0.3, 0.4) is 0 Å². The second kappa shape index (κ2) is 4.76. The molecule has 1 spiro atoms. The highest BCUT2D eigenvalue weighted by Crippen LogP contribution is 2.77. The SMILES string of the molecule is C[C@]12CCC3C4=C(C=CC3C1C1CC1[C@@]21C=CC(=O)O1)CC(N=O)CC4. The van der Waals surface area contributed by atoms with Crippen molar-refractivity contribution in [1.82, 2.24) is 0 Å². The fraction of sp³-hybridized carbons (Fsp3) is 0.682. The molecule has 5 aliphatic carbocycles. The molecule has 6 aliphatic rings. The van der Waals surface area contributed by atoms with Gasteiger partial charge in [-0.05, 0) is 73.8 Å². The number of nitrogens with zero attached hydrogens (tertiary/aromatic N) is 1. The third kappa shape index (κ3) is 1.65. The third-order valence-corrected chi connectivity index (χ3v) is 8.80. The van der Waals surface area contributed by atoms with Gasteiger partial charge in [-0.2, -0.15) is 4.91 Å². The maximum absolute atomic E-state index is 11.9. The Morgan fingerprint density at radius 3 is 2.92 bits per heavy atom. The van der Waals surface area contributed by atoms with Crippen LogP contribution >= 0.6 is 0 Å². The number of fused-ring (bicyclic) bond motifs is 8. The summed E-state index contributed by atoms with van der Waals surface area (Å²) in [6, 6.07) is -0.0330. The zero-order valence-electron chi connectivity index (χ0n) is 15.2. The minimum Gasteiger partial charge on any atom is -0.451 e. The molecule has 3 fully saturated rings. The summed E-state index contributed by atoms with van der Waals surface area (Å²) in [5, 5.41) is 3.31. The molecule has 0 amide bonds. The van der Waals surface area contributed by atoms with E-state index in [1.165, 1.54) is 18.4 Å². The molecule has 4 heteroatoms. The summed E-state index contributed by atoms with van der Waals surface area (Å²) in [6.07, 6.45) is 14.8. The van der Waals surface area contributed by atoms with Crippen LogP contribution in [0.2, 0.25) is 0 Å². The quantitative estimate of drug-likeness (QED) is 0.522. The molecular weight excluding hydrogens is 326 g/mol. The van der Waals surface area contributed by atoms with Crippen molar-refractivity contribution in [2.24, 2.45) is 40.2 Å². The average Bonchev–Trinajstić information content (AvgIpc) is 3.29. The predicted octanol–water partition coefficient (Wildman–Crippen LogP) is 4.32. The molecule has 0 aromatic heterocycles. The lowest BCUT2D eigenvalue weighted by atomic mass is 9.52. The standard InChI is InChI=1S/C22H25NO3/c1-21-8-6-15-14-5-3-13(23-25)10-12(14)2-4-16(15)20(21)17-11-18(17)22(21)9-7-19(24)26-22/h2,4,7,9,13,15-18,20H,3,5-6,8,10-11H2,1H3/t13?,15?,16?,17?,18?,20?,21-,22-/m0/s1. The van der Waals surface area contributed by atoms with E-state index in [1.54, 1.807) is 11.6 Å². The summed E-state index contributed by atoms with van der Waals surface area (Å²) in [6.45, 7) is 2.38. The molecule has 0 bridgehead atoms. The molecule has 4 nitrogen and oxygen atoms in total. The van der Waals surface area contributed by atoms with Gasteiger partial charge in [0, 0.05) is 17.4 Å². The highest BCUT2D eigenvalue weighted by atomic mass is 16.6. The third-order valence-electron chi connectivity index (χ3n) is 8.80. The number of carbonyl (C=O) groups excluding carboxylic acids is 1. The smallest absolute Gasteiger partial charge is 0.331 e. The summed E-state index contributed by atoms with van der Waals surface area (Å²) < 4.78 is 6.02. The van der Waals surface area contributed by atoms with E-state index in [-0.39, 0.29) is 23.0 Å². The van der Waals surface area contributed by atoms with Crippen LogP contribution < -0.4 is 0 Å². The van der Waals surface area contributed by atoms with Gasteiger partial charge in [-0.3, -0.25) is 0 Å². The largest absolute Gasteiger partial charge is 0.451 e. The van der Waals surface area contributed by atoms with Crippen molar-refractivity contribution in [1.29, 1.82) is 0 Å². The Morgan fingerprint density at radius 1 is 1.27 bits per heavy atom. The highest BCUT2D eigenvalue weighted by molar-refractivity contribution is 5.85. The molecule has 0 radical (unpaired) electrons. The van der Waals surface area contributed by atoms with Gasteiger partial charge in [0.1, 0.15) is 5.60 Å². The van der Waals surface area contributed by atoms with E-state index in [0.29, 0.717) is 29.6 Å². The van der Waals surface area contributed by atoms with Crippen LogP contribution in [0.1, 0.15) is 45.4 Å². The van der Waals surface area contributed by atoms with Gasteiger partial charge in [-0.15, -0.1) is 0 Å². The number of esters is 1. The molecule has 6 unspecified atom stereocenters. The molecule has 6 rings (SSSR count). The lowest BCUT2D eigenvalue weighted by Gasteiger charge is -2.54. The molecule has 0 N–H and O–H groups in total. The molecular formula is C22H25NO3. The number of hydrogen-bond acceptors (Lipinski definition) is 4. The first-order valence-corrected chi connectivity index (χ1v) is 10.2. The summed E-state index contributed by atoms with van der Waals surface area (Å²) >= 11 is 0. The van der Waals surface area contributed by atoms with Gasteiger partial charge in [-0.1, -0.05) is 29.8 Å². The Labute approximate surface area is 153 Å². The molecule has 26 heavy (non-hydrogen) atoms. The lowest BCUT2D eigenvalue weighted by Crippen LogP contribution is -2.53. The van der Waals surface area contributed by atoms with E-state index in [4.69, 9.17) is 4.74 Å². The molecule has 0 aromatic rings. The van der Waals surface area contributed by atoms with Crippen molar-refractivity contribution in [3.05, 3.63) is 40.4 Å². The zero-order valence-corrected chi connectivity index (χ0v) is 15.2.